The number of anilines is 1. The van der Waals surface area contributed by atoms with Crippen molar-refractivity contribution in [2.24, 2.45) is 0 Å². The van der Waals surface area contributed by atoms with Gasteiger partial charge in [0, 0.05) is 45.8 Å². The lowest BCUT2D eigenvalue weighted by Crippen LogP contribution is -2.09. The average Bonchev–Trinajstić information content (AvgIpc) is 3.80. The largest absolute Gasteiger partial charge is 0.355 e. The molecule has 8 bridgehead atoms. The van der Waals surface area contributed by atoms with E-state index in [4.69, 9.17) is 9.97 Å². The van der Waals surface area contributed by atoms with Crippen molar-refractivity contribution in [3.8, 4) is 11.1 Å². The predicted molar refractivity (Wildman–Crippen MR) is 184 cm³/mol. The summed E-state index contributed by atoms with van der Waals surface area (Å²) < 4.78 is 23.7. The Bertz CT molecular complexity index is 2050. The molecule has 7 N–H and O–H groups in total. The topological polar surface area (TPSA) is 202 Å². The molecule has 0 saturated heterocycles. The monoisotopic (exact) mass is 673 g/mol. The molecule has 242 valence electrons. The SMILES string of the molecule is CC(=O)Nc1ccc(-c2c3ccc(cc4nc(c(C(CCP(=O)(O)O)CCP(=O)(O)O)c5nc(cc6ccc2[nH]6)C=C5)C=C4)[nH]3)cc1. The van der Waals surface area contributed by atoms with Gasteiger partial charge < -0.3 is 34.9 Å². The van der Waals surface area contributed by atoms with E-state index in [1.165, 1.54) is 6.92 Å². The molecule has 0 atom stereocenters. The minimum Gasteiger partial charge on any atom is -0.355 e. The second kappa shape index (κ2) is 13.0. The number of carbonyl (C=O) groups excluding carboxylic acids is 1. The van der Waals surface area contributed by atoms with Crippen molar-refractivity contribution >= 4 is 73.2 Å². The Kier molecular flexibility index (Phi) is 9.00. The average molecular weight is 674 g/mol. The molecule has 0 saturated carbocycles. The second-order valence-electron chi connectivity index (χ2n) is 11.6. The zero-order valence-corrected chi connectivity index (χ0v) is 27.1. The Hall–Kier alpha value is -4.41. The van der Waals surface area contributed by atoms with Gasteiger partial charge in [0.1, 0.15) is 0 Å². The first-order valence-corrected chi connectivity index (χ1v) is 18.5. The third kappa shape index (κ3) is 8.12. The molecule has 2 aliphatic rings. The van der Waals surface area contributed by atoms with Gasteiger partial charge in [-0.25, -0.2) is 9.97 Å². The Labute approximate surface area is 269 Å². The summed E-state index contributed by atoms with van der Waals surface area (Å²) in [5, 5.41) is 2.80. The van der Waals surface area contributed by atoms with E-state index in [-0.39, 0.29) is 18.7 Å². The van der Waals surface area contributed by atoms with Gasteiger partial charge in [0.05, 0.1) is 35.1 Å². The molecular weight excluding hydrogens is 640 g/mol. The number of nitrogens with zero attached hydrogens (tertiary/aromatic N) is 2. The Morgan fingerprint density at radius 3 is 1.68 bits per heavy atom. The molecular formula is C33H33N5O7P2. The summed E-state index contributed by atoms with van der Waals surface area (Å²) >= 11 is 0. The van der Waals surface area contributed by atoms with Crippen LogP contribution in [-0.2, 0) is 13.9 Å². The molecule has 6 rings (SSSR count). The van der Waals surface area contributed by atoms with Crippen LogP contribution in [0.5, 0.6) is 0 Å². The number of aromatic amines is 2. The van der Waals surface area contributed by atoms with Gasteiger partial charge in [-0.3, -0.25) is 13.9 Å². The molecule has 3 aromatic heterocycles. The number of carbonyl (C=O) groups is 1. The molecule has 0 aliphatic carbocycles. The van der Waals surface area contributed by atoms with Crippen molar-refractivity contribution in [2.75, 3.05) is 17.6 Å². The van der Waals surface area contributed by atoms with E-state index in [0.717, 1.165) is 33.2 Å². The van der Waals surface area contributed by atoms with Crippen LogP contribution >= 0.6 is 15.2 Å². The van der Waals surface area contributed by atoms with Crippen LogP contribution in [0.2, 0.25) is 0 Å². The van der Waals surface area contributed by atoms with E-state index >= 15 is 0 Å². The third-order valence-corrected chi connectivity index (χ3v) is 9.56. The molecule has 0 spiro atoms. The highest BCUT2D eigenvalue weighted by Crippen LogP contribution is 2.44. The number of hydrogen-bond donors (Lipinski definition) is 7. The zero-order chi connectivity index (χ0) is 33.3. The summed E-state index contributed by atoms with van der Waals surface area (Å²) in [5.74, 6) is -0.789. The third-order valence-electron chi connectivity index (χ3n) is 7.88. The van der Waals surface area contributed by atoms with Crippen LogP contribution in [0.25, 0.3) is 57.5 Å². The summed E-state index contributed by atoms with van der Waals surface area (Å²) in [7, 11) is -8.79. The maximum Gasteiger partial charge on any atom is 0.325 e. The normalized spacial score (nSPS) is 13.0. The van der Waals surface area contributed by atoms with Gasteiger partial charge in [-0.2, -0.15) is 0 Å². The van der Waals surface area contributed by atoms with E-state index < -0.39 is 33.4 Å². The lowest BCUT2D eigenvalue weighted by atomic mass is 9.91. The van der Waals surface area contributed by atoms with Crippen molar-refractivity contribution < 1.29 is 33.5 Å². The van der Waals surface area contributed by atoms with Crippen molar-refractivity contribution in [1.29, 1.82) is 0 Å². The standard InChI is InChI=1S/C33H33N5O7P2/c1-20(39)34-23-4-2-21(3-5-23)32-28-10-6-24(35-28)18-26-8-12-30(37-26)33(22(14-16-46(40,41)42)15-17-47(43,44)45)31-13-9-27(38-31)19-25-7-11-29(32)36-25/h2-13,18-19,22,35-36H,14-17H2,1H3,(H,34,39)(H2,40,41,42)(H2,43,44,45). The minimum absolute atomic E-state index is 0.0121. The van der Waals surface area contributed by atoms with Gasteiger partial charge >= 0.3 is 15.2 Å². The predicted octanol–water partition coefficient (Wildman–Crippen LogP) is 6.50. The fourth-order valence-electron chi connectivity index (χ4n) is 5.83. The van der Waals surface area contributed by atoms with Crippen LogP contribution < -0.4 is 5.32 Å². The highest BCUT2D eigenvalue weighted by Gasteiger charge is 2.27. The summed E-state index contributed by atoms with van der Waals surface area (Å²) in [6.45, 7) is 1.46. The first-order chi connectivity index (χ1) is 22.3. The van der Waals surface area contributed by atoms with Crippen molar-refractivity contribution in [2.45, 2.75) is 25.7 Å². The number of nitrogens with one attached hydrogen (secondary N) is 3. The van der Waals surface area contributed by atoms with Crippen LogP contribution in [0.15, 0.2) is 60.7 Å². The number of H-pyrrole nitrogens is 2. The summed E-state index contributed by atoms with van der Waals surface area (Å²) in [6, 6.07) is 19.1. The van der Waals surface area contributed by atoms with Crippen molar-refractivity contribution in [1.82, 2.24) is 19.9 Å². The van der Waals surface area contributed by atoms with E-state index in [1.54, 1.807) is 12.2 Å². The highest BCUT2D eigenvalue weighted by molar-refractivity contribution is 7.52. The van der Waals surface area contributed by atoms with Crippen LogP contribution in [0.1, 0.15) is 54.0 Å². The number of fused-ring (bicyclic) bond motifs is 8. The Morgan fingerprint density at radius 1 is 0.745 bits per heavy atom. The van der Waals surface area contributed by atoms with E-state index in [0.29, 0.717) is 34.0 Å². The van der Waals surface area contributed by atoms with Crippen molar-refractivity contribution in [3.05, 3.63) is 89.0 Å². The van der Waals surface area contributed by atoms with Gasteiger partial charge in [0.25, 0.3) is 0 Å². The number of rotatable bonds is 9. The molecule has 0 fully saturated rings. The molecule has 0 unspecified atom stereocenters. The minimum atomic E-state index is -4.40. The van der Waals surface area contributed by atoms with Crippen LogP contribution in [-0.4, -0.2) is 57.7 Å². The van der Waals surface area contributed by atoms with E-state index in [1.807, 2.05) is 72.8 Å². The molecule has 5 heterocycles. The van der Waals surface area contributed by atoms with Gasteiger partial charge in [0.15, 0.2) is 0 Å². The van der Waals surface area contributed by atoms with Crippen LogP contribution in [0.4, 0.5) is 5.69 Å². The maximum absolute atomic E-state index is 11.9. The van der Waals surface area contributed by atoms with E-state index in [2.05, 4.69) is 15.3 Å². The first-order valence-electron chi connectivity index (χ1n) is 14.9. The number of aromatic nitrogens is 4. The molecule has 12 nitrogen and oxygen atoms in total. The fourth-order valence-corrected chi connectivity index (χ4v) is 7.13. The zero-order valence-electron chi connectivity index (χ0n) is 25.3. The second-order valence-corrected chi connectivity index (χ2v) is 15.1. The smallest absolute Gasteiger partial charge is 0.325 e. The Morgan fingerprint density at radius 2 is 1.23 bits per heavy atom. The molecule has 1 aromatic carbocycles. The van der Waals surface area contributed by atoms with Gasteiger partial charge in [-0.15, -0.1) is 0 Å². The highest BCUT2D eigenvalue weighted by atomic mass is 31.2. The van der Waals surface area contributed by atoms with Gasteiger partial charge in [-0.1, -0.05) is 12.1 Å². The van der Waals surface area contributed by atoms with Crippen molar-refractivity contribution in [3.63, 3.8) is 0 Å². The summed E-state index contributed by atoms with van der Waals surface area (Å²) in [4.78, 5) is 66.8. The fraction of sp³-hybridized carbons (Fsp3) is 0.182. The quantitative estimate of drug-likeness (QED) is 0.0837. The van der Waals surface area contributed by atoms with E-state index in [9.17, 15) is 33.5 Å². The van der Waals surface area contributed by atoms with Gasteiger partial charge in [0.2, 0.25) is 5.91 Å². The van der Waals surface area contributed by atoms with Crippen LogP contribution in [0.3, 0.4) is 0 Å². The number of benzene rings is 1. The van der Waals surface area contributed by atoms with Gasteiger partial charge in [-0.05, 0) is 97.2 Å². The summed E-state index contributed by atoms with van der Waals surface area (Å²) in [5.41, 5.74) is 8.56. The lowest BCUT2D eigenvalue weighted by Gasteiger charge is -2.20. The number of hydrogen-bond acceptors (Lipinski definition) is 5. The van der Waals surface area contributed by atoms with Crippen LogP contribution in [0, 0.1) is 0 Å². The first kappa shape index (κ1) is 32.5. The summed E-state index contributed by atoms with van der Waals surface area (Å²) in [6.07, 6.45) is 6.27. The number of amides is 1. The Balaban J connectivity index is 1.56. The molecule has 14 heteroatoms. The lowest BCUT2D eigenvalue weighted by molar-refractivity contribution is -0.114. The molecule has 2 aliphatic heterocycles. The molecule has 4 aromatic rings. The maximum atomic E-state index is 11.9. The molecule has 1 amide bonds. The molecule has 0 radical (unpaired) electrons. The molecule has 47 heavy (non-hydrogen) atoms.